The smallest absolute Gasteiger partial charge is 0.111 e. The van der Waals surface area contributed by atoms with Crippen LogP contribution in [0.15, 0.2) is 36.4 Å². The number of hydrogen-bond donors (Lipinski definition) is 1. The summed E-state index contributed by atoms with van der Waals surface area (Å²) in [5.74, 6) is 1.07. The van der Waals surface area contributed by atoms with E-state index in [-0.39, 0.29) is 0 Å². The molecule has 0 saturated carbocycles. The van der Waals surface area contributed by atoms with Crippen LogP contribution in [-0.2, 0) is 13.0 Å². The highest BCUT2D eigenvalue weighted by atomic mass is 15.1. The van der Waals surface area contributed by atoms with Crippen LogP contribution in [-0.4, -0.2) is 16.1 Å². The fourth-order valence-electron chi connectivity index (χ4n) is 2.80. The van der Waals surface area contributed by atoms with Crippen molar-refractivity contribution >= 4 is 11.0 Å². The SMILES string of the molecule is Cc1ccc(Cn2c(CCN)nc3cc(C)c(C)cc32)cc1. The molecule has 2 aromatic carbocycles. The van der Waals surface area contributed by atoms with Gasteiger partial charge in [0.1, 0.15) is 5.82 Å². The van der Waals surface area contributed by atoms with E-state index in [9.17, 15) is 0 Å². The summed E-state index contributed by atoms with van der Waals surface area (Å²) in [6.07, 6.45) is 0.804. The number of imidazole rings is 1. The number of nitrogens with zero attached hydrogens (tertiary/aromatic N) is 2. The van der Waals surface area contributed by atoms with Gasteiger partial charge in [-0.15, -0.1) is 0 Å². The molecule has 3 heteroatoms. The van der Waals surface area contributed by atoms with Crippen LogP contribution in [0.4, 0.5) is 0 Å². The van der Waals surface area contributed by atoms with Crippen LogP contribution >= 0.6 is 0 Å². The molecule has 0 unspecified atom stereocenters. The first-order valence-corrected chi connectivity index (χ1v) is 7.80. The molecule has 0 spiro atoms. The molecule has 0 radical (unpaired) electrons. The van der Waals surface area contributed by atoms with Gasteiger partial charge in [0.25, 0.3) is 0 Å². The van der Waals surface area contributed by atoms with Gasteiger partial charge in [-0.2, -0.15) is 0 Å². The third-order valence-corrected chi connectivity index (χ3v) is 4.27. The van der Waals surface area contributed by atoms with Crippen molar-refractivity contribution in [3.05, 3.63) is 64.5 Å². The summed E-state index contributed by atoms with van der Waals surface area (Å²) < 4.78 is 2.30. The zero-order chi connectivity index (χ0) is 15.7. The van der Waals surface area contributed by atoms with E-state index >= 15 is 0 Å². The third kappa shape index (κ3) is 2.77. The third-order valence-electron chi connectivity index (χ3n) is 4.27. The second-order valence-electron chi connectivity index (χ2n) is 6.06. The Morgan fingerprint density at radius 3 is 2.36 bits per heavy atom. The number of benzene rings is 2. The first kappa shape index (κ1) is 14.8. The van der Waals surface area contributed by atoms with E-state index in [0.717, 1.165) is 24.3 Å². The normalized spacial score (nSPS) is 11.3. The average molecular weight is 293 g/mol. The summed E-state index contributed by atoms with van der Waals surface area (Å²) in [5.41, 5.74) is 13.2. The molecule has 0 saturated heterocycles. The van der Waals surface area contributed by atoms with Crippen LogP contribution in [0, 0.1) is 20.8 Å². The van der Waals surface area contributed by atoms with Crippen molar-refractivity contribution in [1.82, 2.24) is 9.55 Å². The quantitative estimate of drug-likeness (QED) is 0.800. The molecule has 0 aliphatic carbocycles. The van der Waals surface area contributed by atoms with Gasteiger partial charge in [-0.25, -0.2) is 4.98 Å². The molecule has 22 heavy (non-hydrogen) atoms. The van der Waals surface area contributed by atoms with Crippen molar-refractivity contribution in [2.75, 3.05) is 6.54 Å². The Labute approximate surface area is 131 Å². The molecular weight excluding hydrogens is 270 g/mol. The van der Waals surface area contributed by atoms with Crippen molar-refractivity contribution < 1.29 is 0 Å². The van der Waals surface area contributed by atoms with Crippen LogP contribution < -0.4 is 5.73 Å². The first-order valence-electron chi connectivity index (χ1n) is 7.80. The maximum absolute atomic E-state index is 5.77. The highest BCUT2D eigenvalue weighted by Gasteiger charge is 2.12. The lowest BCUT2D eigenvalue weighted by atomic mass is 10.1. The van der Waals surface area contributed by atoms with Crippen LogP contribution in [0.25, 0.3) is 11.0 Å². The molecule has 3 nitrogen and oxygen atoms in total. The minimum atomic E-state index is 0.620. The molecule has 0 aliphatic heterocycles. The Balaban J connectivity index is 2.10. The van der Waals surface area contributed by atoms with Crippen LogP contribution in [0.3, 0.4) is 0 Å². The molecule has 0 atom stereocenters. The van der Waals surface area contributed by atoms with Crippen molar-refractivity contribution in [2.45, 2.75) is 33.7 Å². The Morgan fingerprint density at radius 2 is 1.68 bits per heavy atom. The molecule has 114 valence electrons. The van der Waals surface area contributed by atoms with E-state index in [2.05, 4.69) is 61.7 Å². The van der Waals surface area contributed by atoms with E-state index < -0.39 is 0 Å². The van der Waals surface area contributed by atoms with Gasteiger partial charge < -0.3 is 10.3 Å². The maximum atomic E-state index is 5.77. The van der Waals surface area contributed by atoms with Gasteiger partial charge in [0.15, 0.2) is 0 Å². The molecule has 0 bridgehead atoms. The van der Waals surface area contributed by atoms with Crippen LogP contribution in [0.1, 0.15) is 28.1 Å². The first-order chi connectivity index (χ1) is 10.6. The lowest BCUT2D eigenvalue weighted by molar-refractivity contribution is 0.734. The predicted octanol–water partition coefficient (Wildman–Crippen LogP) is 3.51. The van der Waals surface area contributed by atoms with Crippen LogP contribution in [0.2, 0.25) is 0 Å². The van der Waals surface area contributed by atoms with Gasteiger partial charge in [0.2, 0.25) is 0 Å². The zero-order valence-electron chi connectivity index (χ0n) is 13.6. The van der Waals surface area contributed by atoms with E-state index in [1.165, 1.54) is 27.8 Å². The fraction of sp³-hybridized carbons (Fsp3) is 0.316. The van der Waals surface area contributed by atoms with Gasteiger partial charge in [0.05, 0.1) is 11.0 Å². The standard InChI is InChI=1S/C19H23N3/c1-13-4-6-16(7-5-13)12-22-18-11-15(3)14(2)10-17(18)21-19(22)8-9-20/h4-7,10-11H,8-9,12,20H2,1-3H3. The van der Waals surface area contributed by atoms with E-state index in [1.807, 2.05) is 0 Å². The Bertz CT molecular complexity index is 798. The topological polar surface area (TPSA) is 43.8 Å². The molecule has 2 N–H and O–H groups in total. The lowest BCUT2D eigenvalue weighted by Crippen LogP contribution is -2.11. The predicted molar refractivity (Wildman–Crippen MR) is 92.2 cm³/mol. The lowest BCUT2D eigenvalue weighted by Gasteiger charge is -2.10. The molecule has 0 aliphatic rings. The van der Waals surface area contributed by atoms with Gasteiger partial charge in [-0.05, 0) is 56.1 Å². The van der Waals surface area contributed by atoms with Gasteiger partial charge in [-0.1, -0.05) is 29.8 Å². The van der Waals surface area contributed by atoms with Crippen molar-refractivity contribution in [3.63, 3.8) is 0 Å². The summed E-state index contributed by atoms with van der Waals surface area (Å²) in [4.78, 5) is 4.80. The maximum Gasteiger partial charge on any atom is 0.111 e. The molecule has 1 aromatic heterocycles. The van der Waals surface area contributed by atoms with E-state index in [4.69, 9.17) is 10.7 Å². The minimum absolute atomic E-state index is 0.620. The summed E-state index contributed by atoms with van der Waals surface area (Å²) in [6.45, 7) is 7.86. The summed E-state index contributed by atoms with van der Waals surface area (Å²) in [7, 11) is 0. The van der Waals surface area contributed by atoms with Gasteiger partial charge in [-0.3, -0.25) is 0 Å². The number of nitrogens with two attached hydrogens (primary N) is 1. The number of fused-ring (bicyclic) bond motifs is 1. The summed E-state index contributed by atoms with van der Waals surface area (Å²) >= 11 is 0. The van der Waals surface area contributed by atoms with Crippen LogP contribution in [0.5, 0.6) is 0 Å². The number of aryl methyl sites for hydroxylation is 3. The highest BCUT2D eigenvalue weighted by Crippen LogP contribution is 2.22. The van der Waals surface area contributed by atoms with Gasteiger partial charge >= 0.3 is 0 Å². The number of rotatable bonds is 4. The summed E-state index contributed by atoms with van der Waals surface area (Å²) in [5, 5.41) is 0. The second-order valence-corrected chi connectivity index (χ2v) is 6.06. The zero-order valence-corrected chi connectivity index (χ0v) is 13.6. The van der Waals surface area contributed by atoms with Crippen molar-refractivity contribution in [3.8, 4) is 0 Å². The van der Waals surface area contributed by atoms with Gasteiger partial charge in [0, 0.05) is 13.0 Å². The summed E-state index contributed by atoms with van der Waals surface area (Å²) in [6, 6.07) is 13.1. The molecule has 0 fully saturated rings. The Kier molecular flexibility index (Phi) is 3.99. The minimum Gasteiger partial charge on any atom is -0.330 e. The van der Waals surface area contributed by atoms with E-state index in [0.29, 0.717) is 6.54 Å². The highest BCUT2D eigenvalue weighted by molar-refractivity contribution is 5.78. The average Bonchev–Trinajstić information content (AvgIpc) is 2.80. The molecule has 0 amide bonds. The molecule has 3 aromatic rings. The number of aromatic nitrogens is 2. The van der Waals surface area contributed by atoms with Crippen molar-refractivity contribution in [1.29, 1.82) is 0 Å². The Hall–Kier alpha value is -2.13. The molecule has 3 rings (SSSR count). The Morgan fingerprint density at radius 1 is 1.00 bits per heavy atom. The monoisotopic (exact) mass is 293 g/mol. The van der Waals surface area contributed by atoms with E-state index in [1.54, 1.807) is 0 Å². The fourth-order valence-corrected chi connectivity index (χ4v) is 2.80. The molecular formula is C19H23N3. The largest absolute Gasteiger partial charge is 0.330 e. The number of hydrogen-bond acceptors (Lipinski definition) is 2. The molecule has 1 heterocycles. The van der Waals surface area contributed by atoms with Crippen molar-refractivity contribution in [2.24, 2.45) is 5.73 Å². The second kappa shape index (κ2) is 5.93.